The summed E-state index contributed by atoms with van der Waals surface area (Å²) in [6.07, 6.45) is 1.15. The van der Waals surface area contributed by atoms with Crippen LogP contribution in [0.25, 0.3) is 0 Å². The molecule has 1 saturated heterocycles. The first-order chi connectivity index (χ1) is 12.2. The number of anilines is 1. The molecule has 1 aromatic carbocycles. The largest absolute Gasteiger partial charge is 0.381 e. The van der Waals surface area contributed by atoms with Crippen LogP contribution in [-0.4, -0.2) is 63.8 Å². The van der Waals surface area contributed by atoms with Crippen LogP contribution >= 0.6 is 0 Å². The Morgan fingerprint density at radius 2 is 2.12 bits per heavy atom. The molecule has 0 aliphatic carbocycles. The van der Waals surface area contributed by atoms with E-state index in [1.165, 1.54) is 11.3 Å². The molecule has 1 aliphatic heterocycles. The summed E-state index contributed by atoms with van der Waals surface area (Å²) >= 11 is 0. The Bertz CT molecular complexity index is 540. The molecule has 0 amide bonds. The molecule has 0 aromatic heterocycles. The van der Waals surface area contributed by atoms with Gasteiger partial charge in [-0.05, 0) is 38.8 Å². The van der Waals surface area contributed by atoms with E-state index in [4.69, 9.17) is 9.73 Å². The van der Waals surface area contributed by atoms with Crippen molar-refractivity contribution in [3.8, 4) is 0 Å². The highest BCUT2D eigenvalue weighted by molar-refractivity contribution is 5.79. The minimum Gasteiger partial charge on any atom is -0.381 e. The molecule has 5 nitrogen and oxygen atoms in total. The molecule has 1 fully saturated rings. The molecule has 1 heterocycles. The fourth-order valence-corrected chi connectivity index (χ4v) is 3.31. The van der Waals surface area contributed by atoms with Gasteiger partial charge >= 0.3 is 0 Å². The Morgan fingerprint density at radius 1 is 1.32 bits per heavy atom. The number of nitrogens with one attached hydrogen (secondary N) is 1. The lowest BCUT2D eigenvalue weighted by atomic mass is 10.1. The Hall–Kier alpha value is -1.75. The lowest BCUT2D eigenvalue weighted by molar-refractivity contribution is 0.181. The van der Waals surface area contributed by atoms with Crippen molar-refractivity contribution < 1.29 is 4.74 Å². The Kier molecular flexibility index (Phi) is 8.06. The van der Waals surface area contributed by atoms with Crippen LogP contribution < -0.4 is 10.2 Å². The molecule has 25 heavy (non-hydrogen) atoms. The number of hydrogen-bond acceptors (Lipinski definition) is 3. The van der Waals surface area contributed by atoms with Crippen molar-refractivity contribution >= 4 is 11.6 Å². The summed E-state index contributed by atoms with van der Waals surface area (Å²) in [6, 6.07) is 8.56. The van der Waals surface area contributed by atoms with Crippen LogP contribution in [0.1, 0.15) is 25.8 Å². The first-order valence-electron chi connectivity index (χ1n) is 9.53. The molecule has 5 heteroatoms. The quantitative estimate of drug-likeness (QED) is 0.580. The van der Waals surface area contributed by atoms with Crippen LogP contribution in [0.5, 0.6) is 0 Å². The Balaban J connectivity index is 1.93. The van der Waals surface area contributed by atoms with Crippen LogP contribution in [0.2, 0.25) is 0 Å². The van der Waals surface area contributed by atoms with Crippen molar-refractivity contribution in [2.75, 3.05) is 57.9 Å². The predicted octanol–water partition coefficient (Wildman–Crippen LogP) is 2.76. The van der Waals surface area contributed by atoms with E-state index in [1.54, 1.807) is 0 Å². The first-order valence-corrected chi connectivity index (χ1v) is 9.53. The van der Waals surface area contributed by atoms with E-state index in [0.717, 1.165) is 58.3 Å². The van der Waals surface area contributed by atoms with Gasteiger partial charge in [-0.1, -0.05) is 18.2 Å². The lowest BCUT2D eigenvalue weighted by Gasteiger charge is -2.26. The van der Waals surface area contributed by atoms with Gasteiger partial charge < -0.3 is 19.9 Å². The average molecular weight is 347 g/mol. The van der Waals surface area contributed by atoms with Gasteiger partial charge in [-0.2, -0.15) is 0 Å². The maximum absolute atomic E-state index is 5.49. The number of guanidine groups is 1. The van der Waals surface area contributed by atoms with E-state index >= 15 is 0 Å². The van der Waals surface area contributed by atoms with E-state index in [9.17, 15) is 0 Å². The third-order valence-corrected chi connectivity index (χ3v) is 4.72. The maximum Gasteiger partial charge on any atom is 0.193 e. The second-order valence-electron chi connectivity index (χ2n) is 6.71. The highest BCUT2D eigenvalue weighted by Crippen LogP contribution is 2.18. The molecular weight excluding hydrogens is 312 g/mol. The fraction of sp³-hybridized carbons (Fsp3) is 0.650. The monoisotopic (exact) mass is 346 g/mol. The average Bonchev–Trinajstić information content (AvgIpc) is 3.11. The Morgan fingerprint density at radius 3 is 2.76 bits per heavy atom. The van der Waals surface area contributed by atoms with Crippen LogP contribution in [-0.2, 0) is 4.74 Å². The first kappa shape index (κ1) is 19.6. The van der Waals surface area contributed by atoms with Crippen LogP contribution in [0.3, 0.4) is 0 Å². The molecule has 1 aliphatic rings. The number of aryl methyl sites for hydroxylation is 1. The van der Waals surface area contributed by atoms with Crippen molar-refractivity contribution in [3.63, 3.8) is 0 Å². The van der Waals surface area contributed by atoms with Crippen molar-refractivity contribution in [1.29, 1.82) is 0 Å². The van der Waals surface area contributed by atoms with Gasteiger partial charge in [0, 0.05) is 51.4 Å². The lowest BCUT2D eigenvalue weighted by Crippen LogP contribution is -2.42. The molecule has 2 rings (SSSR count). The van der Waals surface area contributed by atoms with Crippen molar-refractivity contribution in [1.82, 2.24) is 10.2 Å². The number of ether oxygens (including phenoxy) is 1. The number of rotatable bonds is 8. The smallest absolute Gasteiger partial charge is 0.193 e. The zero-order valence-electron chi connectivity index (χ0n) is 16.3. The topological polar surface area (TPSA) is 40.1 Å². The van der Waals surface area contributed by atoms with E-state index in [0.29, 0.717) is 5.92 Å². The minimum absolute atomic E-state index is 0.618. The number of hydrogen-bond donors (Lipinski definition) is 1. The van der Waals surface area contributed by atoms with Gasteiger partial charge in [0.15, 0.2) is 5.96 Å². The number of aliphatic imine (C=N–C) groups is 1. The maximum atomic E-state index is 5.49. The molecule has 1 unspecified atom stereocenters. The van der Waals surface area contributed by atoms with Crippen LogP contribution in [0.15, 0.2) is 29.3 Å². The second kappa shape index (κ2) is 10.3. The Labute approximate surface area is 153 Å². The summed E-state index contributed by atoms with van der Waals surface area (Å²) in [5.41, 5.74) is 2.63. The highest BCUT2D eigenvalue weighted by Gasteiger charge is 2.19. The molecule has 0 bridgehead atoms. The number of likely N-dealkylation sites (N-methyl/N-ethyl adjacent to an activating group) is 1. The van der Waals surface area contributed by atoms with Crippen LogP contribution in [0, 0.1) is 12.8 Å². The molecule has 0 spiro atoms. The zero-order valence-corrected chi connectivity index (χ0v) is 16.3. The molecule has 1 atom stereocenters. The minimum atomic E-state index is 0.618. The number of benzene rings is 1. The van der Waals surface area contributed by atoms with E-state index in [2.05, 4.69) is 67.2 Å². The van der Waals surface area contributed by atoms with Gasteiger partial charge in [0.25, 0.3) is 0 Å². The standard InChI is InChI=1S/C20H34N4O/c1-5-21-20(23(4)15-18-11-14-25-16-18)22-12-13-24(6-2)19-10-8-7-9-17(19)3/h7-10,18H,5-6,11-16H2,1-4H3,(H,21,22). The summed E-state index contributed by atoms with van der Waals surface area (Å²) in [5, 5.41) is 3.42. The molecule has 1 N–H and O–H groups in total. The zero-order chi connectivity index (χ0) is 18.1. The summed E-state index contributed by atoms with van der Waals surface area (Å²) in [4.78, 5) is 9.49. The van der Waals surface area contributed by atoms with E-state index < -0.39 is 0 Å². The van der Waals surface area contributed by atoms with Gasteiger partial charge in [0.2, 0.25) is 0 Å². The van der Waals surface area contributed by atoms with Crippen LogP contribution in [0.4, 0.5) is 5.69 Å². The van der Waals surface area contributed by atoms with Gasteiger partial charge in [-0.25, -0.2) is 0 Å². The van der Waals surface area contributed by atoms with Gasteiger partial charge in [-0.15, -0.1) is 0 Å². The molecule has 1 aromatic rings. The molecule has 0 radical (unpaired) electrons. The summed E-state index contributed by atoms with van der Waals surface area (Å²) in [5.74, 6) is 1.61. The SMILES string of the molecule is CCNC(=NCCN(CC)c1ccccc1C)N(C)CC1CCOC1. The summed E-state index contributed by atoms with van der Waals surface area (Å²) < 4.78 is 5.49. The fourth-order valence-electron chi connectivity index (χ4n) is 3.31. The van der Waals surface area contributed by atoms with Gasteiger partial charge in [0.05, 0.1) is 13.2 Å². The third kappa shape index (κ3) is 5.92. The summed E-state index contributed by atoms with van der Waals surface area (Å²) in [7, 11) is 2.12. The van der Waals surface area contributed by atoms with Crippen molar-refractivity contribution in [3.05, 3.63) is 29.8 Å². The van der Waals surface area contributed by atoms with Crippen molar-refractivity contribution in [2.45, 2.75) is 27.2 Å². The number of nitrogens with zero attached hydrogens (tertiary/aromatic N) is 3. The predicted molar refractivity (Wildman–Crippen MR) is 107 cm³/mol. The summed E-state index contributed by atoms with van der Waals surface area (Å²) in [6.45, 7) is 12.9. The molecule has 140 valence electrons. The molecule has 0 saturated carbocycles. The molecular formula is C20H34N4O. The second-order valence-corrected chi connectivity index (χ2v) is 6.71. The van der Waals surface area contributed by atoms with E-state index in [-0.39, 0.29) is 0 Å². The normalized spacial score (nSPS) is 17.6. The van der Waals surface area contributed by atoms with E-state index in [1.807, 2.05) is 0 Å². The van der Waals surface area contributed by atoms with Gasteiger partial charge in [-0.3, -0.25) is 4.99 Å². The third-order valence-electron chi connectivity index (χ3n) is 4.72. The highest BCUT2D eigenvalue weighted by atomic mass is 16.5. The number of para-hydroxylation sites is 1. The van der Waals surface area contributed by atoms with Gasteiger partial charge in [0.1, 0.15) is 0 Å². The van der Waals surface area contributed by atoms with Crippen molar-refractivity contribution in [2.24, 2.45) is 10.9 Å².